The first-order valence-corrected chi connectivity index (χ1v) is 5.86. The molecule has 1 heterocycles. The van der Waals surface area contributed by atoms with E-state index in [4.69, 9.17) is 16.8 Å². The second-order valence-corrected chi connectivity index (χ2v) is 3.98. The van der Waals surface area contributed by atoms with Crippen LogP contribution in [0.2, 0.25) is 0 Å². The molecular weight excluding hydrogens is 277 g/mol. The van der Waals surface area contributed by atoms with Gasteiger partial charge in [-0.3, -0.25) is 0 Å². The first-order chi connectivity index (χ1) is 8.18. The molecule has 0 spiro atoms. The van der Waals surface area contributed by atoms with E-state index in [1.807, 2.05) is 30.3 Å². The van der Waals surface area contributed by atoms with Gasteiger partial charge in [0.1, 0.15) is 6.61 Å². The summed E-state index contributed by atoms with van der Waals surface area (Å²) in [5.41, 5.74) is 0.162. The molecule has 0 bridgehead atoms. The quantitative estimate of drug-likeness (QED) is 0.849. The fourth-order valence-electron chi connectivity index (χ4n) is 1.41. The van der Waals surface area contributed by atoms with Crippen LogP contribution in [0.3, 0.4) is 0 Å². The third-order valence-corrected chi connectivity index (χ3v) is 2.39. The maximum absolute atomic E-state index is 10.2. The molecule has 4 nitrogen and oxygen atoms in total. The van der Waals surface area contributed by atoms with E-state index in [9.17, 15) is 4.79 Å². The van der Waals surface area contributed by atoms with Crippen LogP contribution >= 0.6 is 24.0 Å². The number of carbonyl (C=O) groups excluding carboxylic acids is 1. The molecule has 2 rings (SSSR count). The number of rotatable bonds is 2. The zero-order valence-electron chi connectivity index (χ0n) is 9.92. The Bertz CT molecular complexity index is 329. The van der Waals surface area contributed by atoms with Gasteiger partial charge in [0.2, 0.25) is 0 Å². The highest BCUT2D eigenvalue weighted by Gasteiger charge is 2.05. The molecule has 18 heavy (non-hydrogen) atoms. The minimum Gasteiger partial charge on any atom is -0.449 e. The number of halogens is 2. The highest BCUT2D eigenvalue weighted by molar-refractivity contribution is 6.61. The Morgan fingerprint density at radius 2 is 1.83 bits per heavy atom. The van der Waals surface area contributed by atoms with E-state index in [0.717, 1.165) is 31.5 Å². The lowest BCUT2D eigenvalue weighted by Gasteiger charge is -1.99. The van der Waals surface area contributed by atoms with Crippen molar-refractivity contribution in [2.75, 3.05) is 13.1 Å². The van der Waals surface area contributed by atoms with Gasteiger partial charge in [-0.1, -0.05) is 30.3 Å². The minimum atomic E-state index is -0.770. The fraction of sp³-hybridized carbons (Fsp3) is 0.417. The summed E-state index contributed by atoms with van der Waals surface area (Å²) in [4.78, 5) is 10.2. The van der Waals surface area contributed by atoms with Gasteiger partial charge in [-0.2, -0.15) is 5.06 Å². The molecule has 0 unspecified atom stereocenters. The van der Waals surface area contributed by atoms with Crippen LogP contribution in [0.1, 0.15) is 18.4 Å². The van der Waals surface area contributed by atoms with Crippen LogP contribution < -0.4 is 0 Å². The molecular formula is C12H17Cl2NO3. The average Bonchev–Trinajstić information content (AvgIpc) is 2.80. The van der Waals surface area contributed by atoms with Gasteiger partial charge in [-0.15, -0.1) is 12.4 Å². The molecule has 0 aromatic heterocycles. The van der Waals surface area contributed by atoms with Crippen molar-refractivity contribution >= 4 is 29.4 Å². The minimum absolute atomic E-state index is 0. The van der Waals surface area contributed by atoms with E-state index in [1.54, 1.807) is 0 Å². The Labute approximate surface area is 118 Å². The van der Waals surface area contributed by atoms with Crippen LogP contribution in [0.4, 0.5) is 4.79 Å². The summed E-state index contributed by atoms with van der Waals surface area (Å²) in [5.74, 6) is 0. The Kier molecular flexibility index (Phi) is 9.69. The molecule has 0 saturated carbocycles. The molecule has 0 amide bonds. The van der Waals surface area contributed by atoms with E-state index in [1.165, 1.54) is 5.06 Å². The van der Waals surface area contributed by atoms with Crippen molar-refractivity contribution in [3.63, 3.8) is 0 Å². The molecule has 0 aliphatic carbocycles. The lowest BCUT2D eigenvalue weighted by molar-refractivity contribution is -0.0678. The van der Waals surface area contributed by atoms with Crippen LogP contribution in [-0.4, -0.2) is 28.8 Å². The normalized spacial score (nSPS) is 14.1. The lowest BCUT2D eigenvalue weighted by Crippen LogP contribution is -2.11. The van der Waals surface area contributed by atoms with Crippen LogP contribution in [0.15, 0.2) is 30.3 Å². The summed E-state index contributed by atoms with van der Waals surface area (Å²) in [6, 6.07) is 9.36. The molecule has 0 atom stereocenters. The van der Waals surface area contributed by atoms with E-state index in [0.29, 0.717) is 0 Å². The molecule has 102 valence electrons. The Hall–Kier alpha value is -0.810. The summed E-state index contributed by atoms with van der Waals surface area (Å²) in [5, 5.41) is 9.92. The van der Waals surface area contributed by atoms with Crippen molar-refractivity contribution in [1.82, 2.24) is 5.06 Å². The fourth-order valence-corrected chi connectivity index (χ4v) is 1.47. The van der Waals surface area contributed by atoms with Crippen LogP contribution in [0.25, 0.3) is 0 Å². The molecule has 1 N–H and O–H groups in total. The standard InChI is InChI=1S/C8H7ClO2.C4H9NO.ClH/c9-8(10)11-6-7-4-2-1-3-5-7;6-5-3-1-2-4-5;/h1-5H,6H2;6H,1-4H2;1H. The van der Waals surface area contributed by atoms with Crippen LogP contribution in [0, 0.1) is 0 Å². The molecule has 0 radical (unpaired) electrons. The molecule has 1 saturated heterocycles. The predicted molar refractivity (Wildman–Crippen MR) is 72.3 cm³/mol. The highest BCUT2D eigenvalue weighted by Crippen LogP contribution is 2.02. The summed E-state index contributed by atoms with van der Waals surface area (Å²) < 4.78 is 4.55. The summed E-state index contributed by atoms with van der Waals surface area (Å²) in [6.45, 7) is 1.99. The van der Waals surface area contributed by atoms with Crippen molar-refractivity contribution in [3.05, 3.63) is 35.9 Å². The van der Waals surface area contributed by atoms with Crippen molar-refractivity contribution in [1.29, 1.82) is 0 Å². The molecule has 1 aliphatic heterocycles. The first-order valence-electron chi connectivity index (χ1n) is 5.48. The van der Waals surface area contributed by atoms with Gasteiger partial charge in [0.25, 0.3) is 0 Å². The molecule has 1 aromatic carbocycles. The largest absolute Gasteiger partial charge is 0.449 e. The van der Waals surface area contributed by atoms with E-state index in [-0.39, 0.29) is 19.0 Å². The summed E-state index contributed by atoms with van der Waals surface area (Å²) in [7, 11) is 0. The number of hydrogen-bond donors (Lipinski definition) is 1. The number of benzene rings is 1. The second kappa shape index (κ2) is 10.1. The summed E-state index contributed by atoms with van der Waals surface area (Å²) in [6.07, 6.45) is 2.33. The van der Waals surface area contributed by atoms with E-state index < -0.39 is 5.43 Å². The first kappa shape index (κ1) is 17.2. The number of carbonyl (C=O) groups is 1. The molecule has 1 fully saturated rings. The predicted octanol–water partition coefficient (Wildman–Crippen LogP) is 3.46. The molecule has 6 heteroatoms. The zero-order chi connectivity index (χ0) is 12.5. The maximum atomic E-state index is 10.2. The van der Waals surface area contributed by atoms with Gasteiger partial charge in [-0.25, -0.2) is 4.79 Å². The third-order valence-electron chi connectivity index (χ3n) is 2.28. The highest BCUT2D eigenvalue weighted by atomic mass is 35.5. The molecule has 1 aliphatic rings. The van der Waals surface area contributed by atoms with Gasteiger partial charge in [0.05, 0.1) is 0 Å². The Morgan fingerprint density at radius 3 is 2.22 bits per heavy atom. The smallest absolute Gasteiger partial charge is 0.404 e. The number of ether oxygens (including phenoxy) is 1. The number of hydrogen-bond acceptors (Lipinski definition) is 4. The average molecular weight is 294 g/mol. The van der Waals surface area contributed by atoms with Gasteiger partial charge < -0.3 is 9.94 Å². The van der Waals surface area contributed by atoms with E-state index >= 15 is 0 Å². The van der Waals surface area contributed by atoms with Crippen molar-refractivity contribution in [2.45, 2.75) is 19.4 Å². The zero-order valence-corrected chi connectivity index (χ0v) is 11.5. The third kappa shape index (κ3) is 8.31. The lowest BCUT2D eigenvalue weighted by atomic mass is 10.2. The van der Waals surface area contributed by atoms with Gasteiger partial charge in [-0.05, 0) is 18.4 Å². The van der Waals surface area contributed by atoms with Gasteiger partial charge in [0, 0.05) is 24.7 Å². The monoisotopic (exact) mass is 293 g/mol. The van der Waals surface area contributed by atoms with Gasteiger partial charge in [0.15, 0.2) is 0 Å². The Balaban J connectivity index is 0.000000352. The van der Waals surface area contributed by atoms with Crippen LogP contribution in [0.5, 0.6) is 0 Å². The topological polar surface area (TPSA) is 49.8 Å². The van der Waals surface area contributed by atoms with E-state index in [2.05, 4.69) is 4.74 Å². The van der Waals surface area contributed by atoms with Crippen LogP contribution in [-0.2, 0) is 11.3 Å². The molecule has 1 aromatic rings. The second-order valence-electron chi connectivity index (χ2n) is 3.67. The maximum Gasteiger partial charge on any atom is 0.404 e. The van der Waals surface area contributed by atoms with Crippen molar-refractivity contribution in [3.8, 4) is 0 Å². The van der Waals surface area contributed by atoms with Crippen molar-refractivity contribution < 1.29 is 14.7 Å². The number of nitrogens with zero attached hydrogens (tertiary/aromatic N) is 1. The SMILES string of the molecule is Cl.O=C(Cl)OCc1ccccc1.ON1CCCC1. The van der Waals surface area contributed by atoms with Gasteiger partial charge >= 0.3 is 5.43 Å². The van der Waals surface area contributed by atoms with Crippen molar-refractivity contribution in [2.24, 2.45) is 0 Å². The number of hydroxylamine groups is 2. The Morgan fingerprint density at radius 1 is 1.28 bits per heavy atom. The summed E-state index contributed by atoms with van der Waals surface area (Å²) >= 11 is 4.97.